The van der Waals surface area contributed by atoms with Crippen LogP contribution < -0.4 is 5.32 Å². The van der Waals surface area contributed by atoms with E-state index in [1.54, 1.807) is 0 Å². The minimum Gasteiger partial charge on any atom is -0.340 e. The number of nitrogens with zero attached hydrogens (tertiary/aromatic N) is 1. The molecule has 0 aliphatic carbocycles. The van der Waals surface area contributed by atoms with E-state index in [4.69, 9.17) is 0 Å². The van der Waals surface area contributed by atoms with E-state index in [-0.39, 0.29) is 6.04 Å². The monoisotopic (exact) mass is 264 g/mol. The molecule has 1 amide bonds. The highest BCUT2D eigenvalue weighted by atomic mass is 32.2. The summed E-state index contributed by atoms with van der Waals surface area (Å²) in [7, 11) is -3.09. The second-order valence-corrected chi connectivity index (χ2v) is 6.67. The van der Waals surface area contributed by atoms with Crippen LogP contribution in [0, 0.1) is 0 Å². The average Bonchev–Trinajstić information content (AvgIpc) is 2.12. The van der Waals surface area contributed by atoms with Gasteiger partial charge in [0.1, 0.15) is 0 Å². The molecule has 0 aromatic carbocycles. The smallest absolute Gasteiger partial charge is 0.333 e. The lowest BCUT2D eigenvalue weighted by atomic mass is 9.79. The summed E-state index contributed by atoms with van der Waals surface area (Å²) in [5.74, 6) is 0. The number of rotatable bonds is 1. The summed E-state index contributed by atoms with van der Waals surface area (Å²) in [5, 5.41) is 12.8. The predicted octanol–water partition coefficient (Wildman–Crippen LogP) is 0.718. The van der Waals surface area contributed by atoms with Crippen molar-refractivity contribution < 1.29 is 18.4 Å². The van der Waals surface area contributed by atoms with Crippen molar-refractivity contribution in [1.82, 2.24) is 10.4 Å². The molecular weight excluding hydrogens is 244 g/mol. The van der Waals surface area contributed by atoms with Crippen LogP contribution in [-0.2, 0) is 10.7 Å². The molecule has 0 bridgehead atoms. The number of carbonyl (C=O) groups excluding carboxylic acids is 1. The van der Waals surface area contributed by atoms with Crippen LogP contribution in [0.25, 0.3) is 0 Å². The zero-order valence-electron chi connectivity index (χ0n) is 10.6. The second kappa shape index (κ2) is 4.55. The topological polar surface area (TPSA) is 86.7 Å². The zero-order valence-corrected chi connectivity index (χ0v) is 11.5. The number of carbonyl (C=O) groups is 1. The van der Waals surface area contributed by atoms with Gasteiger partial charge in [-0.2, -0.15) is 5.06 Å². The van der Waals surface area contributed by atoms with Crippen LogP contribution in [0.3, 0.4) is 0 Å². The third kappa shape index (κ3) is 3.17. The van der Waals surface area contributed by atoms with Crippen molar-refractivity contribution in [1.29, 1.82) is 0 Å². The molecule has 0 spiro atoms. The Bertz CT molecular complexity index is 364. The van der Waals surface area contributed by atoms with Gasteiger partial charge in [0, 0.05) is 17.1 Å². The largest absolute Gasteiger partial charge is 0.340 e. The van der Waals surface area contributed by atoms with Crippen molar-refractivity contribution in [2.75, 3.05) is 0 Å². The van der Waals surface area contributed by atoms with E-state index >= 15 is 0 Å². The van der Waals surface area contributed by atoms with Crippen LogP contribution in [0.2, 0.25) is 0 Å². The maximum atomic E-state index is 11.1. The number of hydrogen-bond acceptors (Lipinski definition) is 5. The van der Waals surface area contributed by atoms with Gasteiger partial charge in [0.2, 0.25) is 10.7 Å². The van der Waals surface area contributed by atoms with Crippen LogP contribution in [0.5, 0.6) is 0 Å². The Balaban J connectivity index is 2.82. The number of nitrogens with one attached hydrogen (secondary N) is 1. The summed E-state index contributed by atoms with van der Waals surface area (Å²) >= 11 is 0. The lowest BCUT2D eigenvalue weighted by molar-refractivity contribution is -0.245. The number of thiol groups is 1. The molecule has 1 heterocycles. The van der Waals surface area contributed by atoms with Crippen LogP contribution in [0.1, 0.15) is 40.5 Å². The van der Waals surface area contributed by atoms with E-state index in [2.05, 4.69) is 5.32 Å². The summed E-state index contributed by atoms with van der Waals surface area (Å²) in [5.41, 5.74) is -1.01. The molecule has 0 unspecified atom stereocenters. The molecule has 0 atom stereocenters. The summed E-state index contributed by atoms with van der Waals surface area (Å²) in [6.07, 6.45) is 1.00. The number of amides is 1. The van der Waals surface area contributed by atoms with E-state index in [1.165, 1.54) is 5.06 Å². The minimum absolute atomic E-state index is 0.246. The Labute approximate surface area is 103 Å². The molecule has 7 heteroatoms. The molecule has 0 aromatic heterocycles. The van der Waals surface area contributed by atoms with Gasteiger partial charge >= 0.3 is 5.24 Å². The fourth-order valence-corrected chi connectivity index (χ4v) is 2.89. The highest BCUT2D eigenvalue weighted by Gasteiger charge is 2.45. The van der Waals surface area contributed by atoms with Crippen molar-refractivity contribution in [2.24, 2.45) is 0 Å². The van der Waals surface area contributed by atoms with E-state index < -0.39 is 27.0 Å². The first kappa shape index (κ1) is 14.4. The first-order valence-electron chi connectivity index (χ1n) is 5.50. The predicted molar refractivity (Wildman–Crippen MR) is 63.7 cm³/mol. The van der Waals surface area contributed by atoms with Crippen LogP contribution in [0.15, 0.2) is 0 Å². The molecule has 1 aliphatic rings. The molecular formula is C10H20N2O4S. The minimum atomic E-state index is -3.09. The van der Waals surface area contributed by atoms with Gasteiger partial charge in [-0.15, -0.1) is 0 Å². The van der Waals surface area contributed by atoms with Crippen molar-refractivity contribution >= 4 is 15.9 Å². The SMILES string of the molecule is CC1(C)CC(NC(=O)[SH](=O)=O)CC(C)(C)N1O. The quantitative estimate of drug-likeness (QED) is 0.607. The first-order chi connectivity index (χ1) is 7.56. The van der Waals surface area contributed by atoms with Gasteiger partial charge in [-0.05, 0) is 40.5 Å². The van der Waals surface area contributed by atoms with Gasteiger partial charge < -0.3 is 10.5 Å². The van der Waals surface area contributed by atoms with E-state index in [0.717, 1.165) is 0 Å². The third-order valence-corrected chi connectivity index (χ3v) is 3.59. The fourth-order valence-electron chi connectivity index (χ4n) is 2.60. The maximum Gasteiger partial charge on any atom is 0.333 e. The van der Waals surface area contributed by atoms with Gasteiger partial charge in [-0.3, -0.25) is 4.79 Å². The zero-order chi connectivity index (χ0) is 13.4. The van der Waals surface area contributed by atoms with Crippen LogP contribution >= 0.6 is 0 Å². The molecule has 0 saturated carbocycles. The van der Waals surface area contributed by atoms with Gasteiger partial charge in [0.15, 0.2) is 0 Å². The molecule has 1 aliphatic heterocycles. The summed E-state index contributed by atoms with van der Waals surface area (Å²) in [6, 6.07) is -0.246. The van der Waals surface area contributed by atoms with Crippen molar-refractivity contribution in [3.05, 3.63) is 0 Å². The van der Waals surface area contributed by atoms with Crippen LogP contribution in [-0.4, -0.2) is 41.0 Å². The third-order valence-electron chi connectivity index (χ3n) is 3.13. The van der Waals surface area contributed by atoms with E-state index in [9.17, 15) is 18.4 Å². The molecule has 0 radical (unpaired) electrons. The molecule has 1 saturated heterocycles. The van der Waals surface area contributed by atoms with Crippen molar-refractivity contribution in [2.45, 2.75) is 57.7 Å². The maximum absolute atomic E-state index is 11.1. The summed E-state index contributed by atoms with van der Waals surface area (Å²) < 4.78 is 21.1. The Morgan fingerprint density at radius 2 is 1.65 bits per heavy atom. The van der Waals surface area contributed by atoms with E-state index in [1.807, 2.05) is 27.7 Å². The fraction of sp³-hybridized carbons (Fsp3) is 0.900. The van der Waals surface area contributed by atoms with Gasteiger partial charge in [0.25, 0.3) is 0 Å². The van der Waals surface area contributed by atoms with Crippen LogP contribution in [0.4, 0.5) is 4.79 Å². The molecule has 2 N–H and O–H groups in total. The van der Waals surface area contributed by atoms with Gasteiger partial charge in [-0.25, -0.2) is 8.42 Å². The summed E-state index contributed by atoms with van der Waals surface area (Å²) in [4.78, 5) is 11.1. The Morgan fingerprint density at radius 1 is 1.24 bits per heavy atom. The summed E-state index contributed by atoms with van der Waals surface area (Å²) in [6.45, 7) is 7.41. The normalized spacial score (nSPS) is 24.8. The lowest BCUT2D eigenvalue weighted by Crippen LogP contribution is -2.62. The molecule has 100 valence electrons. The average molecular weight is 264 g/mol. The Morgan fingerprint density at radius 3 is 2.00 bits per heavy atom. The standard InChI is InChI=1S/C10H20N2O4S/c1-9(2)5-7(11-8(13)17(15)16)6-10(3,4)12(9)14/h7,14,17H,5-6H2,1-4H3,(H,11,13). The second-order valence-electron chi connectivity index (χ2n) is 5.75. The van der Waals surface area contributed by atoms with Crippen molar-refractivity contribution in [3.63, 3.8) is 0 Å². The van der Waals surface area contributed by atoms with E-state index in [0.29, 0.717) is 12.8 Å². The lowest BCUT2D eigenvalue weighted by Gasteiger charge is -2.51. The highest BCUT2D eigenvalue weighted by molar-refractivity contribution is 7.89. The number of hydrogen-bond donors (Lipinski definition) is 3. The number of hydroxylamine groups is 2. The highest BCUT2D eigenvalue weighted by Crippen LogP contribution is 2.36. The molecule has 1 rings (SSSR count). The molecule has 17 heavy (non-hydrogen) atoms. The van der Waals surface area contributed by atoms with Gasteiger partial charge in [-0.1, -0.05) is 0 Å². The molecule has 1 fully saturated rings. The Hall–Kier alpha value is -0.660. The van der Waals surface area contributed by atoms with Gasteiger partial charge in [0.05, 0.1) is 0 Å². The molecule has 0 aromatic rings. The first-order valence-corrected chi connectivity index (χ1v) is 6.68. The molecule has 6 nitrogen and oxygen atoms in total. The Kier molecular flexibility index (Phi) is 3.85. The number of piperidine rings is 1. The van der Waals surface area contributed by atoms with Crippen molar-refractivity contribution in [3.8, 4) is 0 Å².